The van der Waals surface area contributed by atoms with Crippen LogP contribution in [-0.2, 0) is 24.2 Å². The maximum absolute atomic E-state index is 12.5. The van der Waals surface area contributed by atoms with Gasteiger partial charge in [0.05, 0.1) is 6.04 Å². The molecule has 0 fully saturated rings. The Bertz CT molecular complexity index is 924. The van der Waals surface area contributed by atoms with E-state index in [1.807, 2.05) is 44.2 Å². The minimum Gasteiger partial charge on any atom is -0.386 e. The van der Waals surface area contributed by atoms with Crippen LogP contribution in [0.15, 0.2) is 54.2 Å². The molecule has 0 aliphatic heterocycles. The number of hydrogen-bond donors (Lipinski definition) is 2. The van der Waals surface area contributed by atoms with Crippen LogP contribution in [0.5, 0.6) is 0 Å². The van der Waals surface area contributed by atoms with Crippen LogP contribution < -0.4 is 10.6 Å². The molecule has 0 radical (unpaired) electrons. The largest absolute Gasteiger partial charge is 0.386 e. The lowest BCUT2D eigenvalue weighted by atomic mass is 9.89. The second kappa shape index (κ2) is 9.23. The first-order valence-electron chi connectivity index (χ1n) is 9.89. The summed E-state index contributed by atoms with van der Waals surface area (Å²) in [6.45, 7) is 4.57. The number of amides is 1. The topological polar surface area (TPSA) is 64.9 Å². The fraction of sp³-hybridized carbons (Fsp3) is 0.333. The van der Waals surface area contributed by atoms with Crippen LogP contribution >= 0.6 is 0 Å². The van der Waals surface area contributed by atoms with Crippen molar-refractivity contribution in [3.8, 4) is 6.07 Å². The van der Waals surface area contributed by atoms with Crippen LogP contribution in [0.1, 0.15) is 53.6 Å². The van der Waals surface area contributed by atoms with Gasteiger partial charge in [0.1, 0.15) is 11.6 Å². The first-order chi connectivity index (χ1) is 13.6. The smallest absolute Gasteiger partial charge is 0.263 e. The van der Waals surface area contributed by atoms with E-state index in [0.29, 0.717) is 6.54 Å². The van der Waals surface area contributed by atoms with E-state index in [-0.39, 0.29) is 17.5 Å². The monoisotopic (exact) mass is 373 g/mol. The highest BCUT2D eigenvalue weighted by Crippen LogP contribution is 2.24. The van der Waals surface area contributed by atoms with E-state index in [1.54, 1.807) is 0 Å². The van der Waals surface area contributed by atoms with Crippen molar-refractivity contribution in [2.24, 2.45) is 0 Å². The summed E-state index contributed by atoms with van der Waals surface area (Å²) < 4.78 is 0. The summed E-state index contributed by atoms with van der Waals surface area (Å²) in [6, 6.07) is 16.4. The third kappa shape index (κ3) is 4.80. The zero-order chi connectivity index (χ0) is 19.9. The molecule has 1 aliphatic carbocycles. The number of nitrogens with one attached hydrogen (secondary N) is 2. The number of nitrogens with zero attached hydrogens (tertiary/aromatic N) is 1. The highest BCUT2D eigenvalue weighted by Gasteiger charge is 2.16. The molecule has 144 valence electrons. The first kappa shape index (κ1) is 19.7. The Kier molecular flexibility index (Phi) is 6.49. The van der Waals surface area contributed by atoms with Gasteiger partial charge in [-0.2, -0.15) is 5.26 Å². The molecular weight excluding hydrogens is 346 g/mol. The minimum absolute atomic E-state index is 0.0818. The molecule has 28 heavy (non-hydrogen) atoms. The molecule has 1 unspecified atom stereocenters. The Morgan fingerprint density at radius 1 is 1.18 bits per heavy atom. The van der Waals surface area contributed by atoms with Crippen molar-refractivity contribution in [2.75, 3.05) is 0 Å². The molecule has 2 aromatic carbocycles. The van der Waals surface area contributed by atoms with E-state index in [1.165, 1.54) is 35.7 Å². The summed E-state index contributed by atoms with van der Waals surface area (Å²) in [5.41, 5.74) is 6.29. The number of nitriles is 1. The van der Waals surface area contributed by atoms with E-state index in [9.17, 15) is 10.1 Å². The number of benzene rings is 2. The highest BCUT2D eigenvalue weighted by molar-refractivity contribution is 5.97. The van der Waals surface area contributed by atoms with E-state index in [2.05, 4.69) is 28.8 Å². The van der Waals surface area contributed by atoms with Crippen molar-refractivity contribution < 1.29 is 4.79 Å². The Balaban J connectivity index is 1.61. The van der Waals surface area contributed by atoms with E-state index in [4.69, 9.17) is 0 Å². The molecule has 0 spiro atoms. The van der Waals surface area contributed by atoms with Crippen molar-refractivity contribution in [2.45, 2.75) is 52.1 Å². The Morgan fingerprint density at radius 2 is 1.93 bits per heavy atom. The van der Waals surface area contributed by atoms with Gasteiger partial charge in [-0.15, -0.1) is 0 Å². The maximum Gasteiger partial charge on any atom is 0.263 e. The first-order valence-corrected chi connectivity index (χ1v) is 9.89. The molecule has 0 saturated heterocycles. The van der Waals surface area contributed by atoms with Gasteiger partial charge in [0, 0.05) is 12.7 Å². The van der Waals surface area contributed by atoms with Crippen LogP contribution in [0, 0.1) is 18.3 Å². The van der Waals surface area contributed by atoms with Crippen molar-refractivity contribution in [3.63, 3.8) is 0 Å². The second-order valence-corrected chi connectivity index (χ2v) is 7.41. The van der Waals surface area contributed by atoms with Crippen molar-refractivity contribution >= 4 is 5.91 Å². The van der Waals surface area contributed by atoms with Gasteiger partial charge in [-0.05, 0) is 67.3 Å². The highest BCUT2D eigenvalue weighted by atomic mass is 16.1. The van der Waals surface area contributed by atoms with E-state index >= 15 is 0 Å². The maximum atomic E-state index is 12.5. The van der Waals surface area contributed by atoms with Gasteiger partial charge in [-0.3, -0.25) is 4.79 Å². The Labute approximate surface area is 167 Å². The molecule has 1 amide bonds. The zero-order valence-electron chi connectivity index (χ0n) is 16.6. The summed E-state index contributed by atoms with van der Waals surface area (Å²) >= 11 is 0. The molecule has 0 bridgehead atoms. The molecule has 2 N–H and O–H groups in total. The normalized spacial score (nSPS) is 14.5. The van der Waals surface area contributed by atoms with Crippen molar-refractivity contribution in [1.82, 2.24) is 10.6 Å². The molecule has 0 heterocycles. The van der Waals surface area contributed by atoms with Crippen LogP contribution in [0.25, 0.3) is 0 Å². The number of fused-ring (bicyclic) bond motifs is 1. The average molecular weight is 374 g/mol. The van der Waals surface area contributed by atoms with Gasteiger partial charge in [-0.25, -0.2) is 0 Å². The van der Waals surface area contributed by atoms with Gasteiger partial charge in [0.2, 0.25) is 0 Å². The molecule has 2 aromatic rings. The summed E-state index contributed by atoms with van der Waals surface area (Å²) in [4.78, 5) is 12.5. The Morgan fingerprint density at radius 3 is 2.68 bits per heavy atom. The predicted octanol–water partition coefficient (Wildman–Crippen LogP) is 4.25. The van der Waals surface area contributed by atoms with E-state index < -0.39 is 0 Å². The summed E-state index contributed by atoms with van der Waals surface area (Å²) in [5.74, 6) is -0.356. The second-order valence-electron chi connectivity index (χ2n) is 7.41. The number of hydrogen-bond acceptors (Lipinski definition) is 3. The molecule has 0 aromatic heterocycles. The SMILES string of the molecule is Cc1ccccc1CN/C=C(/C#N)C(=O)NC(C)c1ccc2c(c1)CCCC2. The predicted molar refractivity (Wildman–Crippen MR) is 111 cm³/mol. The van der Waals surface area contributed by atoms with Gasteiger partial charge < -0.3 is 10.6 Å². The lowest BCUT2D eigenvalue weighted by Gasteiger charge is -2.20. The number of rotatable bonds is 6. The average Bonchev–Trinajstić information content (AvgIpc) is 2.72. The van der Waals surface area contributed by atoms with Gasteiger partial charge in [-0.1, -0.05) is 42.5 Å². The third-order valence-electron chi connectivity index (χ3n) is 5.39. The van der Waals surface area contributed by atoms with Crippen LogP contribution in [0.3, 0.4) is 0 Å². The molecule has 3 rings (SSSR count). The molecule has 1 atom stereocenters. The number of carbonyl (C=O) groups excluding carboxylic acids is 1. The minimum atomic E-state index is -0.356. The lowest BCUT2D eigenvalue weighted by Crippen LogP contribution is -2.28. The van der Waals surface area contributed by atoms with Gasteiger partial charge >= 0.3 is 0 Å². The summed E-state index contributed by atoms with van der Waals surface area (Å²) in [5, 5.41) is 15.4. The number of aryl methyl sites for hydroxylation is 3. The lowest BCUT2D eigenvalue weighted by molar-refractivity contribution is -0.117. The molecule has 1 aliphatic rings. The van der Waals surface area contributed by atoms with Crippen LogP contribution in [0.2, 0.25) is 0 Å². The molecular formula is C24H27N3O. The molecule has 4 heteroatoms. The van der Waals surface area contributed by atoms with Gasteiger partial charge in [0.25, 0.3) is 5.91 Å². The third-order valence-corrected chi connectivity index (χ3v) is 5.39. The van der Waals surface area contributed by atoms with Crippen LogP contribution in [-0.4, -0.2) is 5.91 Å². The summed E-state index contributed by atoms with van der Waals surface area (Å²) in [7, 11) is 0. The van der Waals surface area contributed by atoms with Crippen molar-refractivity contribution in [1.29, 1.82) is 5.26 Å². The summed E-state index contributed by atoms with van der Waals surface area (Å²) in [6.07, 6.45) is 6.23. The van der Waals surface area contributed by atoms with Crippen molar-refractivity contribution in [3.05, 3.63) is 82.1 Å². The Hall–Kier alpha value is -3.06. The zero-order valence-corrected chi connectivity index (χ0v) is 16.6. The number of carbonyl (C=O) groups is 1. The molecule has 4 nitrogen and oxygen atoms in total. The quantitative estimate of drug-likeness (QED) is 0.588. The van der Waals surface area contributed by atoms with Gasteiger partial charge in [0.15, 0.2) is 0 Å². The van der Waals surface area contributed by atoms with E-state index in [0.717, 1.165) is 24.0 Å². The fourth-order valence-corrected chi connectivity index (χ4v) is 3.60. The molecule has 0 saturated carbocycles. The standard InChI is InChI=1S/C24H27N3O/c1-17-7-3-4-10-22(17)15-26-16-23(14-25)24(28)27-18(2)20-12-11-19-8-5-6-9-21(19)13-20/h3-4,7,10-13,16,18,26H,5-6,8-9,15H2,1-2H3,(H,27,28)/b23-16-. The fourth-order valence-electron chi connectivity index (χ4n) is 3.60. The van der Waals surface area contributed by atoms with Crippen LogP contribution in [0.4, 0.5) is 0 Å².